The molecule has 1 N–H and O–H groups in total. The molecule has 0 aliphatic heterocycles. The molecule has 0 unspecified atom stereocenters. The van der Waals surface area contributed by atoms with Crippen molar-refractivity contribution in [2.45, 2.75) is 6.92 Å². The molecule has 0 bridgehead atoms. The lowest BCUT2D eigenvalue weighted by Crippen LogP contribution is -2.05. The summed E-state index contributed by atoms with van der Waals surface area (Å²) in [6.07, 6.45) is 3.00. The summed E-state index contributed by atoms with van der Waals surface area (Å²) < 4.78 is 5.41. The fourth-order valence-corrected chi connectivity index (χ4v) is 1.97. The molecular weight excluding hydrogens is 242 g/mol. The van der Waals surface area contributed by atoms with Gasteiger partial charge < -0.3 is 9.52 Å². The molecule has 0 atom stereocenters. The van der Waals surface area contributed by atoms with Gasteiger partial charge in [-0.1, -0.05) is 6.07 Å². The van der Waals surface area contributed by atoms with Crippen LogP contribution in [0.5, 0.6) is 5.75 Å². The number of nitrogens with zero attached hydrogens (tertiary/aromatic N) is 1. The Morgan fingerprint density at radius 3 is 2.84 bits per heavy atom. The number of rotatable bonds is 1. The standard InChI is InChI=1S/C15H11NO3/c1-9-6-10-14(7-13(9)17)19-8-11(15(10)18)12-4-2-3-5-16-12/h2-8,17H,1H3. The van der Waals surface area contributed by atoms with Crippen LogP contribution in [0.2, 0.25) is 0 Å². The third-order valence-electron chi connectivity index (χ3n) is 3.03. The first-order valence-corrected chi connectivity index (χ1v) is 5.83. The molecule has 2 heterocycles. The van der Waals surface area contributed by atoms with Crippen LogP contribution in [-0.2, 0) is 0 Å². The third kappa shape index (κ3) is 1.87. The number of hydrogen-bond donors (Lipinski definition) is 1. The minimum Gasteiger partial charge on any atom is -0.508 e. The molecule has 0 saturated carbocycles. The molecule has 3 aromatic rings. The minimum atomic E-state index is -0.150. The van der Waals surface area contributed by atoms with E-state index in [9.17, 15) is 9.90 Å². The molecule has 0 saturated heterocycles. The number of phenols is 1. The SMILES string of the molecule is Cc1cc2c(=O)c(-c3ccccn3)coc2cc1O. The molecular formula is C15H11NO3. The van der Waals surface area contributed by atoms with E-state index in [-0.39, 0.29) is 11.2 Å². The van der Waals surface area contributed by atoms with Crippen LogP contribution < -0.4 is 5.43 Å². The Balaban J connectivity index is 2.33. The van der Waals surface area contributed by atoms with Gasteiger partial charge in [-0.15, -0.1) is 0 Å². The number of aromatic nitrogens is 1. The van der Waals surface area contributed by atoms with E-state index < -0.39 is 0 Å². The summed E-state index contributed by atoms with van der Waals surface area (Å²) in [5.41, 5.74) is 1.84. The van der Waals surface area contributed by atoms with E-state index in [1.54, 1.807) is 31.3 Å². The van der Waals surface area contributed by atoms with Gasteiger partial charge in [0.15, 0.2) is 0 Å². The van der Waals surface area contributed by atoms with Gasteiger partial charge in [-0.3, -0.25) is 9.78 Å². The Morgan fingerprint density at radius 2 is 2.11 bits per heavy atom. The molecule has 4 nitrogen and oxygen atoms in total. The molecule has 0 spiro atoms. The molecule has 1 aromatic carbocycles. The van der Waals surface area contributed by atoms with E-state index in [0.29, 0.717) is 27.8 Å². The van der Waals surface area contributed by atoms with Crippen molar-refractivity contribution >= 4 is 11.0 Å². The largest absolute Gasteiger partial charge is 0.508 e. The number of aromatic hydroxyl groups is 1. The fraction of sp³-hybridized carbons (Fsp3) is 0.0667. The zero-order chi connectivity index (χ0) is 13.4. The number of fused-ring (bicyclic) bond motifs is 1. The average molecular weight is 253 g/mol. The maximum absolute atomic E-state index is 12.4. The maximum atomic E-state index is 12.4. The van der Waals surface area contributed by atoms with Gasteiger partial charge in [0.2, 0.25) is 5.43 Å². The Kier molecular flexibility index (Phi) is 2.56. The number of pyridine rings is 1. The first kappa shape index (κ1) is 11.5. The van der Waals surface area contributed by atoms with Crippen LogP contribution in [0.25, 0.3) is 22.2 Å². The molecule has 0 radical (unpaired) electrons. The van der Waals surface area contributed by atoms with E-state index in [4.69, 9.17) is 4.42 Å². The van der Waals surface area contributed by atoms with Gasteiger partial charge >= 0.3 is 0 Å². The average Bonchev–Trinajstić information content (AvgIpc) is 2.42. The van der Waals surface area contributed by atoms with Crippen molar-refractivity contribution in [3.8, 4) is 17.0 Å². The summed E-state index contributed by atoms with van der Waals surface area (Å²) in [5, 5.41) is 10.1. The second-order valence-electron chi connectivity index (χ2n) is 4.33. The van der Waals surface area contributed by atoms with Crippen LogP contribution in [0.3, 0.4) is 0 Å². The monoisotopic (exact) mass is 253 g/mol. The summed E-state index contributed by atoms with van der Waals surface area (Å²) in [7, 11) is 0. The molecule has 0 amide bonds. The summed E-state index contributed by atoms with van der Waals surface area (Å²) >= 11 is 0. The number of phenolic OH excluding ortho intramolecular Hbond substituents is 1. The van der Waals surface area contributed by atoms with Crippen LogP contribution in [0.15, 0.2) is 52.0 Å². The molecule has 2 aromatic heterocycles. The van der Waals surface area contributed by atoms with Gasteiger partial charge in [0, 0.05) is 12.3 Å². The van der Waals surface area contributed by atoms with Gasteiger partial charge in [-0.05, 0) is 30.7 Å². The Labute approximate surface area is 109 Å². The van der Waals surface area contributed by atoms with Crippen LogP contribution in [0.1, 0.15) is 5.56 Å². The Morgan fingerprint density at radius 1 is 1.26 bits per heavy atom. The van der Waals surface area contributed by atoms with Crippen LogP contribution in [0, 0.1) is 6.92 Å². The first-order chi connectivity index (χ1) is 9.16. The van der Waals surface area contributed by atoms with E-state index in [0.717, 1.165) is 0 Å². The molecule has 19 heavy (non-hydrogen) atoms. The quantitative estimate of drug-likeness (QED) is 0.724. The summed E-state index contributed by atoms with van der Waals surface area (Å²) in [6, 6.07) is 8.44. The second-order valence-corrected chi connectivity index (χ2v) is 4.33. The molecule has 0 aliphatic rings. The van der Waals surface area contributed by atoms with E-state index in [1.165, 1.54) is 12.3 Å². The Hall–Kier alpha value is -2.62. The van der Waals surface area contributed by atoms with Crippen molar-refractivity contribution in [2.75, 3.05) is 0 Å². The molecule has 0 fully saturated rings. The van der Waals surface area contributed by atoms with Gasteiger partial charge in [0.25, 0.3) is 0 Å². The van der Waals surface area contributed by atoms with Crippen molar-refractivity contribution in [2.24, 2.45) is 0 Å². The smallest absolute Gasteiger partial charge is 0.202 e. The van der Waals surface area contributed by atoms with Gasteiger partial charge in [-0.25, -0.2) is 0 Å². The van der Waals surface area contributed by atoms with E-state index >= 15 is 0 Å². The molecule has 0 aliphatic carbocycles. The van der Waals surface area contributed by atoms with E-state index in [2.05, 4.69) is 4.98 Å². The van der Waals surface area contributed by atoms with Crippen molar-refractivity contribution in [1.29, 1.82) is 0 Å². The van der Waals surface area contributed by atoms with Crippen molar-refractivity contribution < 1.29 is 9.52 Å². The highest BCUT2D eigenvalue weighted by atomic mass is 16.3. The van der Waals surface area contributed by atoms with Crippen LogP contribution >= 0.6 is 0 Å². The predicted molar refractivity (Wildman–Crippen MR) is 72.1 cm³/mol. The second kappa shape index (κ2) is 4.24. The molecule has 3 rings (SSSR count). The highest BCUT2D eigenvalue weighted by Crippen LogP contribution is 2.24. The van der Waals surface area contributed by atoms with Crippen molar-refractivity contribution in [3.05, 3.63) is 58.6 Å². The van der Waals surface area contributed by atoms with Gasteiger partial charge in [0.05, 0.1) is 16.6 Å². The predicted octanol–water partition coefficient (Wildman–Crippen LogP) is 2.87. The lowest BCUT2D eigenvalue weighted by Gasteiger charge is -2.04. The fourth-order valence-electron chi connectivity index (χ4n) is 1.97. The van der Waals surface area contributed by atoms with Crippen molar-refractivity contribution in [3.63, 3.8) is 0 Å². The zero-order valence-electron chi connectivity index (χ0n) is 10.3. The molecule has 94 valence electrons. The number of aryl methyl sites for hydroxylation is 1. The number of hydrogen-bond acceptors (Lipinski definition) is 4. The van der Waals surface area contributed by atoms with Crippen LogP contribution in [0.4, 0.5) is 0 Å². The minimum absolute atomic E-state index is 0.112. The van der Waals surface area contributed by atoms with Crippen LogP contribution in [-0.4, -0.2) is 10.1 Å². The van der Waals surface area contributed by atoms with Crippen molar-refractivity contribution in [1.82, 2.24) is 4.98 Å². The van der Waals surface area contributed by atoms with E-state index in [1.807, 2.05) is 6.07 Å². The summed E-state index contributed by atoms with van der Waals surface area (Å²) in [5.74, 6) is 0.112. The first-order valence-electron chi connectivity index (χ1n) is 5.83. The Bertz CT molecular complexity index is 807. The zero-order valence-corrected chi connectivity index (χ0v) is 10.3. The topological polar surface area (TPSA) is 63.3 Å². The summed E-state index contributed by atoms with van der Waals surface area (Å²) in [4.78, 5) is 16.6. The number of benzene rings is 1. The normalized spacial score (nSPS) is 10.8. The lowest BCUT2D eigenvalue weighted by atomic mass is 10.1. The third-order valence-corrected chi connectivity index (χ3v) is 3.03. The van der Waals surface area contributed by atoms with Gasteiger partial charge in [0.1, 0.15) is 17.6 Å². The highest BCUT2D eigenvalue weighted by molar-refractivity contribution is 5.82. The lowest BCUT2D eigenvalue weighted by molar-refractivity contribution is 0.470. The maximum Gasteiger partial charge on any atom is 0.202 e. The van der Waals surface area contributed by atoms with Gasteiger partial charge in [-0.2, -0.15) is 0 Å². The summed E-state index contributed by atoms with van der Waals surface area (Å²) in [6.45, 7) is 1.74. The highest BCUT2D eigenvalue weighted by Gasteiger charge is 2.11. The molecule has 4 heteroatoms.